The molecule has 1 aromatic heterocycles. The number of aromatic nitrogens is 2. The lowest BCUT2D eigenvalue weighted by atomic mass is 10.1. The van der Waals surface area contributed by atoms with Crippen molar-refractivity contribution in [2.75, 3.05) is 0 Å². The van der Waals surface area contributed by atoms with Gasteiger partial charge in [0.15, 0.2) is 11.6 Å². The molecular weight excluding hydrogens is 178 g/mol. The molecule has 4 nitrogen and oxygen atoms in total. The number of nitrogens with zero attached hydrogens (tertiary/aromatic N) is 3. The minimum absolute atomic E-state index is 0. The minimum atomic E-state index is 0. The summed E-state index contributed by atoms with van der Waals surface area (Å²) in [5.41, 5.74) is 0.523. The quantitative estimate of drug-likeness (QED) is 0.607. The molecule has 1 aliphatic heterocycles. The number of fused-ring (bicyclic) bond motifs is 1. The van der Waals surface area contributed by atoms with Crippen molar-refractivity contribution in [3.63, 3.8) is 0 Å². The van der Waals surface area contributed by atoms with Crippen molar-refractivity contribution >= 4 is 30.2 Å². The normalized spacial score (nSPS) is 13.5. The average molecular weight is 184 g/mol. The first kappa shape index (κ1) is 8.80. The monoisotopic (exact) mass is 183 g/mol. The van der Waals surface area contributed by atoms with Gasteiger partial charge >= 0.3 is 0 Å². The molecule has 0 atom stereocenters. The summed E-state index contributed by atoms with van der Waals surface area (Å²) in [7, 11) is 0. The van der Waals surface area contributed by atoms with E-state index in [4.69, 9.17) is 0 Å². The molecule has 0 aromatic carbocycles. The number of rotatable bonds is 0. The lowest BCUT2D eigenvalue weighted by Gasteiger charge is -2.04. The van der Waals surface area contributed by atoms with E-state index in [1.165, 1.54) is 12.5 Å². The zero-order valence-electron chi connectivity index (χ0n) is 6.10. The van der Waals surface area contributed by atoms with Crippen LogP contribution in [0.3, 0.4) is 0 Å². The van der Waals surface area contributed by atoms with Crippen LogP contribution in [0.5, 0.6) is 0 Å². The molecule has 0 saturated heterocycles. The fourth-order valence-electron chi connectivity index (χ4n) is 0.948. The van der Waals surface area contributed by atoms with Crippen molar-refractivity contribution in [1.82, 2.24) is 9.97 Å². The fourth-order valence-corrected chi connectivity index (χ4v) is 0.948. The van der Waals surface area contributed by atoms with Crippen LogP contribution in [0.2, 0.25) is 0 Å². The van der Waals surface area contributed by atoms with Gasteiger partial charge in [0, 0.05) is 18.8 Å². The van der Waals surface area contributed by atoms with Gasteiger partial charge < -0.3 is 0 Å². The van der Waals surface area contributed by atoms with Gasteiger partial charge in [-0.2, -0.15) is 0 Å². The van der Waals surface area contributed by atoms with Gasteiger partial charge in [-0.15, -0.1) is 12.4 Å². The first-order valence-electron chi connectivity index (χ1n) is 3.23. The number of Topliss-reactive ketones (excluding diaryl/α,β-unsaturated/α-hetero) is 1. The van der Waals surface area contributed by atoms with E-state index in [1.54, 1.807) is 6.21 Å². The van der Waals surface area contributed by atoms with Crippen LogP contribution >= 0.6 is 12.4 Å². The first-order valence-corrected chi connectivity index (χ1v) is 3.23. The highest BCUT2D eigenvalue weighted by atomic mass is 35.5. The first-order chi connectivity index (χ1) is 5.38. The van der Waals surface area contributed by atoms with E-state index >= 15 is 0 Å². The van der Waals surface area contributed by atoms with Gasteiger partial charge in [0.2, 0.25) is 0 Å². The predicted octanol–water partition coefficient (Wildman–Crippen LogP) is 1.19. The van der Waals surface area contributed by atoms with Gasteiger partial charge in [-0.05, 0) is 0 Å². The van der Waals surface area contributed by atoms with Crippen LogP contribution in [0.1, 0.15) is 16.8 Å². The fraction of sp³-hybridized carbons (Fsp3) is 0.143. The van der Waals surface area contributed by atoms with Crippen molar-refractivity contribution in [2.24, 2.45) is 4.99 Å². The molecule has 1 aliphatic rings. The second-order valence-electron chi connectivity index (χ2n) is 2.20. The number of aliphatic imine (C=N–C) groups is 1. The highest BCUT2D eigenvalue weighted by Crippen LogP contribution is 2.18. The molecule has 0 unspecified atom stereocenters. The molecule has 12 heavy (non-hydrogen) atoms. The van der Waals surface area contributed by atoms with E-state index in [0.29, 0.717) is 17.8 Å². The average Bonchev–Trinajstić information content (AvgIpc) is 2.06. The maximum Gasteiger partial charge on any atom is 0.173 e. The Morgan fingerprint density at radius 3 is 3.00 bits per heavy atom. The Hall–Kier alpha value is -1.29. The summed E-state index contributed by atoms with van der Waals surface area (Å²) in [4.78, 5) is 22.6. The molecule has 2 heterocycles. The van der Waals surface area contributed by atoms with Crippen molar-refractivity contribution in [1.29, 1.82) is 0 Å². The standard InChI is InChI=1S/C7H5N3O.ClH/c11-6-1-2-9-7-5(6)3-8-4-10-7;/h2-4H,1H2;1H. The third kappa shape index (κ3) is 1.33. The molecule has 5 heteroatoms. The van der Waals surface area contributed by atoms with Crippen LogP contribution in [0, 0.1) is 0 Å². The summed E-state index contributed by atoms with van der Waals surface area (Å²) in [5.74, 6) is 0.520. The van der Waals surface area contributed by atoms with Crippen molar-refractivity contribution in [3.8, 4) is 0 Å². The largest absolute Gasteiger partial charge is 0.294 e. The van der Waals surface area contributed by atoms with Gasteiger partial charge in [-0.3, -0.25) is 4.79 Å². The number of halogens is 1. The lowest BCUT2D eigenvalue weighted by molar-refractivity contribution is 0.100. The number of hydrogen-bond donors (Lipinski definition) is 0. The van der Waals surface area contributed by atoms with Crippen LogP contribution in [0.15, 0.2) is 17.5 Å². The molecule has 0 spiro atoms. The van der Waals surface area contributed by atoms with Gasteiger partial charge in [-0.1, -0.05) is 0 Å². The highest BCUT2D eigenvalue weighted by molar-refractivity contribution is 6.08. The van der Waals surface area contributed by atoms with Gasteiger partial charge in [0.05, 0.1) is 5.56 Å². The molecule has 0 amide bonds. The van der Waals surface area contributed by atoms with E-state index in [2.05, 4.69) is 15.0 Å². The number of ketones is 1. The Morgan fingerprint density at radius 2 is 2.25 bits per heavy atom. The summed E-state index contributed by atoms with van der Waals surface area (Å²) >= 11 is 0. The summed E-state index contributed by atoms with van der Waals surface area (Å²) in [6.07, 6.45) is 4.81. The van der Waals surface area contributed by atoms with Gasteiger partial charge in [-0.25, -0.2) is 15.0 Å². The molecule has 0 N–H and O–H groups in total. The number of hydrogen-bond acceptors (Lipinski definition) is 4. The van der Waals surface area contributed by atoms with Crippen molar-refractivity contribution in [3.05, 3.63) is 18.1 Å². The molecule has 0 fully saturated rings. The molecule has 2 rings (SSSR count). The molecule has 0 bridgehead atoms. The van der Waals surface area contributed by atoms with Crippen molar-refractivity contribution < 1.29 is 4.79 Å². The zero-order valence-corrected chi connectivity index (χ0v) is 6.91. The zero-order chi connectivity index (χ0) is 7.68. The second kappa shape index (κ2) is 3.40. The Labute approximate surface area is 75.2 Å². The van der Waals surface area contributed by atoms with E-state index in [9.17, 15) is 4.79 Å². The molecule has 1 aromatic rings. The molecule has 0 radical (unpaired) electrons. The maximum atomic E-state index is 11.1. The summed E-state index contributed by atoms with van der Waals surface area (Å²) in [6, 6.07) is 0. The van der Waals surface area contributed by atoms with E-state index in [-0.39, 0.29) is 18.2 Å². The molecule has 0 saturated carbocycles. The summed E-state index contributed by atoms with van der Waals surface area (Å²) in [5, 5.41) is 0. The van der Waals surface area contributed by atoms with Crippen LogP contribution in [0.4, 0.5) is 5.82 Å². The van der Waals surface area contributed by atoms with Crippen molar-refractivity contribution in [2.45, 2.75) is 6.42 Å². The van der Waals surface area contributed by atoms with Gasteiger partial charge in [0.25, 0.3) is 0 Å². The third-order valence-corrected chi connectivity index (χ3v) is 1.48. The topological polar surface area (TPSA) is 55.2 Å². The SMILES string of the molecule is Cl.O=C1CC=Nc2ncncc21. The van der Waals surface area contributed by atoms with E-state index in [0.717, 1.165) is 0 Å². The predicted molar refractivity (Wildman–Crippen MR) is 46.4 cm³/mol. The number of carbonyl (C=O) groups excluding carboxylic acids is 1. The molecular formula is C7H6ClN3O. The molecule has 62 valence electrons. The summed E-state index contributed by atoms with van der Waals surface area (Å²) in [6.45, 7) is 0. The van der Waals surface area contributed by atoms with E-state index < -0.39 is 0 Å². The smallest absolute Gasteiger partial charge is 0.173 e. The maximum absolute atomic E-state index is 11.1. The number of carbonyl (C=O) groups is 1. The Morgan fingerprint density at radius 1 is 1.42 bits per heavy atom. The third-order valence-electron chi connectivity index (χ3n) is 1.48. The second-order valence-corrected chi connectivity index (χ2v) is 2.20. The minimum Gasteiger partial charge on any atom is -0.294 e. The lowest BCUT2D eigenvalue weighted by Crippen LogP contribution is -2.05. The highest BCUT2D eigenvalue weighted by Gasteiger charge is 2.14. The Bertz CT molecular complexity index is 337. The van der Waals surface area contributed by atoms with Crippen LogP contribution in [-0.4, -0.2) is 22.0 Å². The van der Waals surface area contributed by atoms with E-state index in [1.807, 2.05) is 0 Å². The van der Waals surface area contributed by atoms with Gasteiger partial charge in [0.1, 0.15) is 6.33 Å². The van der Waals surface area contributed by atoms with Crippen LogP contribution in [-0.2, 0) is 0 Å². The molecule has 0 aliphatic carbocycles. The Kier molecular flexibility index (Phi) is 2.50. The van der Waals surface area contributed by atoms with Crippen LogP contribution < -0.4 is 0 Å². The Balaban J connectivity index is 0.000000720. The van der Waals surface area contributed by atoms with Crippen LogP contribution in [0.25, 0.3) is 0 Å². The summed E-state index contributed by atoms with van der Waals surface area (Å²) < 4.78 is 0.